The first-order valence-electron chi connectivity index (χ1n) is 5.57. The lowest BCUT2D eigenvalue weighted by Crippen LogP contribution is -2.49. The number of carbonyl (C=O) groups is 2. The van der Waals surface area contributed by atoms with Gasteiger partial charge >= 0.3 is 5.97 Å². The molecule has 2 atom stereocenters. The van der Waals surface area contributed by atoms with Crippen LogP contribution < -0.4 is 5.32 Å². The molecule has 2 unspecified atom stereocenters. The Hall–Kier alpha value is -1.10. The maximum absolute atomic E-state index is 11.6. The summed E-state index contributed by atoms with van der Waals surface area (Å²) in [4.78, 5) is 24.6. The molecule has 0 aromatic carbocycles. The Morgan fingerprint density at radius 2 is 1.88 bits per heavy atom. The number of amides is 1. The van der Waals surface area contributed by atoms with Gasteiger partial charge in [0, 0.05) is 14.1 Å². The molecule has 1 amide bonds. The maximum atomic E-state index is 11.6. The molecule has 0 aliphatic heterocycles. The van der Waals surface area contributed by atoms with E-state index in [2.05, 4.69) is 5.32 Å². The summed E-state index contributed by atoms with van der Waals surface area (Å²) in [6.45, 7) is 5.73. The highest BCUT2D eigenvalue weighted by atomic mass is 16.5. The van der Waals surface area contributed by atoms with Crippen LogP contribution in [0.2, 0.25) is 0 Å². The maximum Gasteiger partial charge on any atom is 0.323 e. The van der Waals surface area contributed by atoms with Crippen LogP contribution in [0.1, 0.15) is 27.2 Å². The number of likely N-dealkylation sites (N-methyl/N-ethyl adjacent to an activating group) is 1. The van der Waals surface area contributed by atoms with Gasteiger partial charge in [0.1, 0.15) is 6.04 Å². The molecule has 0 heterocycles. The highest BCUT2D eigenvalue weighted by molar-refractivity contribution is 5.82. The van der Waals surface area contributed by atoms with Crippen LogP contribution in [0.25, 0.3) is 0 Å². The minimum atomic E-state index is -0.418. The van der Waals surface area contributed by atoms with E-state index in [1.807, 2.05) is 6.92 Å². The third-order valence-corrected chi connectivity index (χ3v) is 2.24. The fourth-order valence-electron chi connectivity index (χ4n) is 1.36. The smallest absolute Gasteiger partial charge is 0.323 e. The van der Waals surface area contributed by atoms with Gasteiger partial charge in [-0.05, 0) is 20.3 Å². The van der Waals surface area contributed by atoms with Gasteiger partial charge in [-0.25, -0.2) is 0 Å². The van der Waals surface area contributed by atoms with Crippen molar-refractivity contribution in [3.8, 4) is 0 Å². The van der Waals surface area contributed by atoms with Gasteiger partial charge in [-0.1, -0.05) is 6.92 Å². The average Bonchev–Trinajstić information content (AvgIpc) is 2.24. The topological polar surface area (TPSA) is 58.6 Å². The average molecular weight is 230 g/mol. The van der Waals surface area contributed by atoms with E-state index in [4.69, 9.17) is 4.74 Å². The second-order valence-electron chi connectivity index (χ2n) is 3.83. The van der Waals surface area contributed by atoms with Crippen LogP contribution >= 0.6 is 0 Å². The van der Waals surface area contributed by atoms with Crippen LogP contribution in [0.15, 0.2) is 0 Å². The Morgan fingerprint density at radius 3 is 2.25 bits per heavy atom. The summed E-state index contributed by atoms with van der Waals surface area (Å²) < 4.78 is 4.91. The molecule has 0 rings (SSSR count). The first kappa shape index (κ1) is 14.9. The monoisotopic (exact) mass is 230 g/mol. The van der Waals surface area contributed by atoms with E-state index in [0.717, 1.165) is 0 Å². The lowest BCUT2D eigenvalue weighted by Gasteiger charge is -2.22. The third kappa shape index (κ3) is 4.61. The number of ether oxygens (including phenoxy) is 1. The van der Waals surface area contributed by atoms with Crippen molar-refractivity contribution in [2.45, 2.75) is 39.3 Å². The number of carbonyl (C=O) groups excluding carboxylic acids is 2. The van der Waals surface area contributed by atoms with E-state index in [1.165, 1.54) is 4.90 Å². The van der Waals surface area contributed by atoms with Gasteiger partial charge in [0.15, 0.2) is 0 Å². The Balaban J connectivity index is 4.32. The van der Waals surface area contributed by atoms with E-state index in [-0.39, 0.29) is 17.9 Å². The van der Waals surface area contributed by atoms with Crippen LogP contribution in [-0.4, -0.2) is 49.6 Å². The van der Waals surface area contributed by atoms with Crippen molar-refractivity contribution in [2.75, 3.05) is 20.7 Å². The van der Waals surface area contributed by atoms with Gasteiger partial charge in [-0.2, -0.15) is 0 Å². The first-order chi connectivity index (χ1) is 7.43. The predicted octanol–water partition coefficient (Wildman–Crippen LogP) is 0.394. The number of hydrogen-bond acceptors (Lipinski definition) is 4. The van der Waals surface area contributed by atoms with Gasteiger partial charge in [-0.15, -0.1) is 0 Å². The summed E-state index contributed by atoms with van der Waals surface area (Å²) in [7, 11) is 3.37. The van der Waals surface area contributed by atoms with Crippen LogP contribution in [0.4, 0.5) is 0 Å². The largest absolute Gasteiger partial charge is 0.465 e. The van der Waals surface area contributed by atoms with Crippen molar-refractivity contribution in [2.24, 2.45) is 0 Å². The van der Waals surface area contributed by atoms with Gasteiger partial charge < -0.3 is 9.64 Å². The summed E-state index contributed by atoms with van der Waals surface area (Å²) in [5.74, 6) is -0.355. The lowest BCUT2D eigenvalue weighted by atomic mass is 10.2. The van der Waals surface area contributed by atoms with Gasteiger partial charge in [0.25, 0.3) is 0 Å². The zero-order valence-corrected chi connectivity index (χ0v) is 10.7. The number of nitrogens with one attached hydrogen (secondary N) is 1. The lowest BCUT2D eigenvalue weighted by molar-refractivity contribution is -0.146. The third-order valence-electron chi connectivity index (χ3n) is 2.24. The molecule has 0 aromatic heterocycles. The molecule has 0 saturated carbocycles. The van der Waals surface area contributed by atoms with Gasteiger partial charge in [0.2, 0.25) is 5.91 Å². The molecule has 0 radical (unpaired) electrons. The van der Waals surface area contributed by atoms with E-state index in [1.54, 1.807) is 27.9 Å². The van der Waals surface area contributed by atoms with Crippen LogP contribution in [-0.2, 0) is 14.3 Å². The van der Waals surface area contributed by atoms with Crippen LogP contribution in [0.5, 0.6) is 0 Å². The second-order valence-corrected chi connectivity index (χ2v) is 3.83. The molecule has 0 saturated heterocycles. The number of esters is 1. The fourth-order valence-corrected chi connectivity index (χ4v) is 1.36. The number of hydrogen-bond donors (Lipinski definition) is 1. The molecule has 0 aliphatic rings. The molecule has 1 N–H and O–H groups in total. The Morgan fingerprint density at radius 1 is 1.31 bits per heavy atom. The van der Waals surface area contributed by atoms with E-state index in [0.29, 0.717) is 13.0 Å². The Bertz CT molecular complexity index is 241. The van der Waals surface area contributed by atoms with E-state index >= 15 is 0 Å². The molecule has 0 bridgehead atoms. The zero-order chi connectivity index (χ0) is 12.7. The van der Waals surface area contributed by atoms with Crippen molar-refractivity contribution in [1.82, 2.24) is 10.2 Å². The highest BCUT2D eigenvalue weighted by Gasteiger charge is 2.23. The first-order valence-corrected chi connectivity index (χ1v) is 5.57. The molecule has 0 aromatic rings. The molecule has 16 heavy (non-hydrogen) atoms. The molecule has 0 aliphatic carbocycles. The van der Waals surface area contributed by atoms with Crippen LogP contribution in [0, 0.1) is 0 Å². The molecule has 0 spiro atoms. The van der Waals surface area contributed by atoms with E-state index in [9.17, 15) is 9.59 Å². The highest BCUT2D eigenvalue weighted by Crippen LogP contribution is 1.99. The normalized spacial score (nSPS) is 14.1. The Kier molecular flexibility index (Phi) is 6.72. The van der Waals surface area contributed by atoms with E-state index < -0.39 is 6.04 Å². The molecule has 5 nitrogen and oxygen atoms in total. The SMILES string of the molecule is CCOC(=O)C(CC)NC(C)C(=O)N(C)C. The van der Waals surface area contributed by atoms with Gasteiger partial charge in [0.05, 0.1) is 12.6 Å². The van der Waals surface area contributed by atoms with Crippen molar-refractivity contribution in [3.05, 3.63) is 0 Å². The molecular weight excluding hydrogens is 208 g/mol. The fraction of sp³-hybridized carbons (Fsp3) is 0.818. The quantitative estimate of drug-likeness (QED) is 0.671. The predicted molar refractivity (Wildman–Crippen MR) is 62.0 cm³/mol. The molecule has 94 valence electrons. The summed E-state index contributed by atoms with van der Waals surface area (Å²) in [5.41, 5.74) is 0. The zero-order valence-electron chi connectivity index (χ0n) is 10.7. The Labute approximate surface area is 97.1 Å². The summed E-state index contributed by atoms with van der Waals surface area (Å²) in [6.07, 6.45) is 0.601. The molecular formula is C11H22N2O3. The van der Waals surface area contributed by atoms with Crippen LogP contribution in [0.3, 0.4) is 0 Å². The summed E-state index contributed by atoms with van der Waals surface area (Å²) in [6, 6.07) is -0.803. The number of nitrogens with zero attached hydrogens (tertiary/aromatic N) is 1. The summed E-state index contributed by atoms with van der Waals surface area (Å²) in [5, 5.41) is 2.97. The van der Waals surface area contributed by atoms with Gasteiger partial charge in [-0.3, -0.25) is 14.9 Å². The number of rotatable bonds is 6. The van der Waals surface area contributed by atoms with Crippen molar-refractivity contribution in [1.29, 1.82) is 0 Å². The molecule has 5 heteroatoms. The summed E-state index contributed by atoms with van der Waals surface area (Å²) >= 11 is 0. The van der Waals surface area contributed by atoms with Crippen molar-refractivity contribution in [3.63, 3.8) is 0 Å². The molecule has 0 fully saturated rings. The minimum absolute atomic E-state index is 0.0530. The minimum Gasteiger partial charge on any atom is -0.465 e. The van der Waals surface area contributed by atoms with Crippen molar-refractivity contribution < 1.29 is 14.3 Å². The second kappa shape index (κ2) is 7.22. The van der Waals surface area contributed by atoms with Crippen molar-refractivity contribution >= 4 is 11.9 Å². The standard InChI is InChI=1S/C11H22N2O3/c1-6-9(11(15)16-7-2)12-8(3)10(14)13(4)5/h8-9,12H,6-7H2,1-5H3.